The maximum absolute atomic E-state index is 11.7. The third-order valence-electron chi connectivity index (χ3n) is 2.93. The number of ether oxygens (including phenoxy) is 1. The maximum atomic E-state index is 11.7. The summed E-state index contributed by atoms with van der Waals surface area (Å²) in [6.45, 7) is -0.405. The fourth-order valence-electron chi connectivity index (χ4n) is 2.03. The monoisotopic (exact) mass is 273 g/mol. The second-order valence-electron chi connectivity index (χ2n) is 4.10. The van der Waals surface area contributed by atoms with Crippen molar-refractivity contribution in [1.82, 2.24) is 15.0 Å². The Labute approximate surface area is 107 Å². The zero-order chi connectivity index (χ0) is 14.0. The van der Waals surface area contributed by atoms with Crippen molar-refractivity contribution in [3.8, 4) is 0 Å². The number of aromatic amines is 1. The van der Waals surface area contributed by atoms with Gasteiger partial charge in [0, 0.05) is 12.3 Å². The van der Waals surface area contributed by atoms with Crippen LogP contribution in [0.15, 0.2) is 21.9 Å². The molecule has 0 amide bonds. The number of aliphatic hydroxyl groups excluding tert-OH is 2. The van der Waals surface area contributed by atoms with Crippen molar-refractivity contribution in [2.75, 3.05) is 13.7 Å². The predicted octanol–water partition coefficient (Wildman–Crippen LogP) is -2.69. The Kier molecular flexibility index (Phi) is 4.12. The Morgan fingerprint density at radius 2 is 2.32 bits per heavy atom. The Hall–Kier alpha value is -1.52. The number of nitrogens with one attached hydrogen (secondary N) is 2. The zero-order valence-electron chi connectivity index (χ0n) is 10.1. The fraction of sp³-hybridized carbons (Fsp3) is 0.600. The molecule has 9 nitrogen and oxygen atoms in total. The third kappa shape index (κ3) is 2.60. The lowest BCUT2D eigenvalue weighted by Crippen LogP contribution is -2.45. The predicted molar refractivity (Wildman–Crippen MR) is 62.3 cm³/mol. The van der Waals surface area contributed by atoms with E-state index in [-0.39, 0.29) is 0 Å². The molecule has 1 aliphatic rings. The van der Waals surface area contributed by atoms with Gasteiger partial charge in [0.15, 0.2) is 6.23 Å². The van der Waals surface area contributed by atoms with Crippen LogP contribution < -0.4 is 16.7 Å². The number of hydrogen-bond donors (Lipinski definition) is 4. The molecule has 0 radical (unpaired) electrons. The number of aromatic nitrogens is 2. The van der Waals surface area contributed by atoms with Crippen LogP contribution in [0.3, 0.4) is 0 Å². The van der Waals surface area contributed by atoms with Gasteiger partial charge >= 0.3 is 5.69 Å². The van der Waals surface area contributed by atoms with Crippen LogP contribution in [-0.4, -0.2) is 51.7 Å². The molecule has 1 saturated heterocycles. The van der Waals surface area contributed by atoms with E-state index in [0.29, 0.717) is 0 Å². The summed E-state index contributed by atoms with van der Waals surface area (Å²) in [4.78, 5) is 29.5. The number of rotatable bonds is 4. The van der Waals surface area contributed by atoms with Gasteiger partial charge < -0.3 is 19.8 Å². The van der Waals surface area contributed by atoms with Gasteiger partial charge in [-0.25, -0.2) is 4.79 Å². The Morgan fingerprint density at radius 1 is 1.58 bits per heavy atom. The zero-order valence-corrected chi connectivity index (χ0v) is 10.1. The first-order valence-electron chi connectivity index (χ1n) is 5.63. The van der Waals surface area contributed by atoms with Gasteiger partial charge in [0.1, 0.15) is 18.2 Å². The summed E-state index contributed by atoms with van der Waals surface area (Å²) in [5, 5.41) is 19.0. The minimum atomic E-state index is -1.06. The average Bonchev–Trinajstić information content (AvgIpc) is 2.68. The van der Waals surface area contributed by atoms with Crippen LogP contribution in [0.2, 0.25) is 0 Å². The molecule has 4 N–H and O–H groups in total. The van der Waals surface area contributed by atoms with Gasteiger partial charge in [0.25, 0.3) is 5.56 Å². The van der Waals surface area contributed by atoms with E-state index in [4.69, 9.17) is 14.7 Å². The highest BCUT2D eigenvalue weighted by molar-refractivity contribution is 4.95. The van der Waals surface area contributed by atoms with Crippen molar-refractivity contribution in [2.45, 2.75) is 24.5 Å². The van der Waals surface area contributed by atoms with E-state index in [2.05, 4.69) is 10.5 Å². The van der Waals surface area contributed by atoms with Gasteiger partial charge in [0.05, 0.1) is 13.7 Å². The van der Waals surface area contributed by atoms with Crippen LogP contribution in [0.1, 0.15) is 6.23 Å². The SMILES string of the molecule is CONC1[C@H](n2ccc(=O)[nH]c2=O)O[C@H](CO)[C@H]1O. The van der Waals surface area contributed by atoms with E-state index in [1.807, 2.05) is 0 Å². The molecule has 1 aliphatic heterocycles. The van der Waals surface area contributed by atoms with Gasteiger partial charge in [-0.1, -0.05) is 0 Å². The normalized spacial score (nSPS) is 30.7. The van der Waals surface area contributed by atoms with Crippen molar-refractivity contribution < 1.29 is 19.8 Å². The molecule has 1 aromatic heterocycles. The molecular weight excluding hydrogens is 258 g/mol. The quantitative estimate of drug-likeness (QED) is 0.440. The molecule has 1 aromatic rings. The van der Waals surface area contributed by atoms with E-state index < -0.39 is 42.3 Å². The molecule has 1 unspecified atom stereocenters. The first-order valence-corrected chi connectivity index (χ1v) is 5.63. The van der Waals surface area contributed by atoms with E-state index >= 15 is 0 Å². The van der Waals surface area contributed by atoms with E-state index in [1.165, 1.54) is 13.3 Å². The lowest BCUT2D eigenvalue weighted by molar-refractivity contribution is -0.0524. The first kappa shape index (κ1) is 13.9. The molecule has 106 valence electrons. The highest BCUT2D eigenvalue weighted by atomic mass is 16.6. The number of H-pyrrole nitrogens is 1. The van der Waals surface area contributed by atoms with Crippen LogP contribution in [-0.2, 0) is 9.57 Å². The molecule has 2 rings (SSSR count). The molecule has 2 heterocycles. The van der Waals surface area contributed by atoms with Crippen molar-refractivity contribution in [1.29, 1.82) is 0 Å². The Balaban J connectivity index is 2.36. The van der Waals surface area contributed by atoms with Crippen LogP contribution in [0.25, 0.3) is 0 Å². The molecule has 0 saturated carbocycles. The van der Waals surface area contributed by atoms with Crippen LogP contribution in [0, 0.1) is 0 Å². The summed E-state index contributed by atoms with van der Waals surface area (Å²) >= 11 is 0. The lowest BCUT2D eigenvalue weighted by atomic mass is 10.1. The molecule has 0 bridgehead atoms. The van der Waals surface area contributed by atoms with Crippen molar-refractivity contribution in [2.24, 2.45) is 0 Å². The van der Waals surface area contributed by atoms with Crippen LogP contribution in [0.5, 0.6) is 0 Å². The summed E-state index contributed by atoms with van der Waals surface area (Å²) in [5.74, 6) is 0. The minimum absolute atomic E-state index is 0.405. The average molecular weight is 273 g/mol. The minimum Gasteiger partial charge on any atom is -0.394 e. The van der Waals surface area contributed by atoms with Gasteiger partial charge in [-0.05, 0) is 0 Å². The molecule has 19 heavy (non-hydrogen) atoms. The van der Waals surface area contributed by atoms with Crippen molar-refractivity contribution in [3.05, 3.63) is 33.1 Å². The van der Waals surface area contributed by atoms with E-state index in [9.17, 15) is 14.7 Å². The Bertz CT molecular complexity index is 541. The third-order valence-corrected chi connectivity index (χ3v) is 2.93. The lowest BCUT2D eigenvalue weighted by Gasteiger charge is -2.21. The summed E-state index contributed by atoms with van der Waals surface area (Å²) in [6, 6.07) is 0.401. The number of hydrogen-bond acceptors (Lipinski definition) is 7. The smallest absolute Gasteiger partial charge is 0.330 e. The summed E-state index contributed by atoms with van der Waals surface area (Å²) < 4.78 is 6.50. The second-order valence-corrected chi connectivity index (χ2v) is 4.10. The maximum Gasteiger partial charge on any atom is 0.330 e. The van der Waals surface area contributed by atoms with E-state index in [1.54, 1.807) is 0 Å². The molecule has 1 fully saturated rings. The highest BCUT2D eigenvalue weighted by Gasteiger charge is 2.44. The molecule has 0 aromatic carbocycles. The van der Waals surface area contributed by atoms with Crippen LogP contribution >= 0.6 is 0 Å². The number of aliphatic hydroxyl groups is 2. The largest absolute Gasteiger partial charge is 0.394 e. The number of nitrogens with zero attached hydrogens (tertiary/aromatic N) is 1. The topological polar surface area (TPSA) is 126 Å². The van der Waals surface area contributed by atoms with Crippen molar-refractivity contribution >= 4 is 0 Å². The van der Waals surface area contributed by atoms with Crippen LogP contribution in [0.4, 0.5) is 0 Å². The molecular formula is C10H15N3O6. The molecule has 4 atom stereocenters. The standard InChI is InChI=1S/C10H15N3O6/c1-18-12-7-8(16)5(4-14)19-9(7)13-3-2-6(15)11-10(13)17/h2-3,5,7-9,12,14,16H,4H2,1H3,(H,11,15,17)/t5-,7?,8-,9-/m1/s1. The van der Waals surface area contributed by atoms with Gasteiger partial charge in [-0.15, -0.1) is 0 Å². The fourth-order valence-corrected chi connectivity index (χ4v) is 2.03. The van der Waals surface area contributed by atoms with Gasteiger partial charge in [0.2, 0.25) is 0 Å². The molecule has 0 aliphatic carbocycles. The second kappa shape index (κ2) is 5.63. The Morgan fingerprint density at radius 3 is 2.89 bits per heavy atom. The summed E-state index contributed by atoms with van der Waals surface area (Å²) in [6.07, 6.45) is -1.57. The van der Waals surface area contributed by atoms with Gasteiger partial charge in [-0.2, -0.15) is 5.48 Å². The summed E-state index contributed by atoms with van der Waals surface area (Å²) in [7, 11) is 1.35. The number of hydroxylamine groups is 1. The van der Waals surface area contributed by atoms with Gasteiger partial charge in [-0.3, -0.25) is 14.3 Å². The highest BCUT2D eigenvalue weighted by Crippen LogP contribution is 2.27. The summed E-state index contributed by atoms with van der Waals surface area (Å²) in [5.41, 5.74) is 1.30. The molecule has 0 spiro atoms. The first-order chi connectivity index (χ1) is 9.08. The van der Waals surface area contributed by atoms with Crippen molar-refractivity contribution in [3.63, 3.8) is 0 Å². The molecule has 9 heteroatoms. The van der Waals surface area contributed by atoms with E-state index in [0.717, 1.165) is 10.6 Å².